The summed E-state index contributed by atoms with van der Waals surface area (Å²) >= 11 is 0. The van der Waals surface area contributed by atoms with Gasteiger partial charge in [-0.3, -0.25) is 0 Å². The maximum Gasteiger partial charge on any atom is 0.0948 e. The standard InChI is InChI=1S/C12H23N3/c1-4-5-12(9-14-8-11(2)3)15-7-6-13-10-15/h6-7,10-12,14H,4-5,8-9H2,1-3H3. The van der Waals surface area contributed by atoms with Crippen LogP contribution in [0.2, 0.25) is 0 Å². The maximum absolute atomic E-state index is 4.10. The van der Waals surface area contributed by atoms with Gasteiger partial charge in [-0.05, 0) is 18.9 Å². The van der Waals surface area contributed by atoms with Crippen LogP contribution >= 0.6 is 0 Å². The molecule has 3 nitrogen and oxygen atoms in total. The van der Waals surface area contributed by atoms with Gasteiger partial charge < -0.3 is 9.88 Å². The molecule has 0 amide bonds. The normalized spacial score (nSPS) is 13.3. The van der Waals surface area contributed by atoms with E-state index in [0.29, 0.717) is 6.04 Å². The van der Waals surface area contributed by atoms with Gasteiger partial charge in [0, 0.05) is 25.0 Å². The lowest BCUT2D eigenvalue weighted by molar-refractivity contribution is 0.413. The Labute approximate surface area is 92.9 Å². The van der Waals surface area contributed by atoms with Crippen LogP contribution in [0.25, 0.3) is 0 Å². The average Bonchev–Trinajstić information content (AvgIpc) is 2.68. The zero-order valence-electron chi connectivity index (χ0n) is 10.1. The Morgan fingerprint density at radius 1 is 1.33 bits per heavy atom. The number of hydrogen-bond acceptors (Lipinski definition) is 2. The Hall–Kier alpha value is -0.830. The smallest absolute Gasteiger partial charge is 0.0948 e. The molecule has 15 heavy (non-hydrogen) atoms. The molecule has 86 valence electrons. The van der Waals surface area contributed by atoms with Gasteiger partial charge in [0.05, 0.1) is 6.33 Å². The summed E-state index contributed by atoms with van der Waals surface area (Å²) < 4.78 is 2.21. The van der Waals surface area contributed by atoms with Gasteiger partial charge >= 0.3 is 0 Å². The molecule has 0 aliphatic rings. The molecule has 0 saturated heterocycles. The van der Waals surface area contributed by atoms with E-state index in [1.165, 1.54) is 12.8 Å². The minimum Gasteiger partial charge on any atom is -0.333 e. The number of rotatable bonds is 7. The van der Waals surface area contributed by atoms with Gasteiger partial charge in [-0.1, -0.05) is 27.2 Å². The Morgan fingerprint density at radius 2 is 2.13 bits per heavy atom. The Balaban J connectivity index is 2.38. The van der Waals surface area contributed by atoms with Crippen molar-refractivity contribution in [2.75, 3.05) is 13.1 Å². The maximum atomic E-state index is 4.10. The number of nitrogens with one attached hydrogen (secondary N) is 1. The topological polar surface area (TPSA) is 29.9 Å². The van der Waals surface area contributed by atoms with Crippen LogP contribution < -0.4 is 5.32 Å². The SMILES string of the molecule is CCCC(CNCC(C)C)n1ccnc1. The van der Waals surface area contributed by atoms with E-state index in [0.717, 1.165) is 19.0 Å². The predicted molar refractivity (Wildman–Crippen MR) is 63.9 cm³/mol. The monoisotopic (exact) mass is 209 g/mol. The van der Waals surface area contributed by atoms with Crippen LogP contribution in [0.4, 0.5) is 0 Å². The van der Waals surface area contributed by atoms with Crippen LogP contribution in [0.5, 0.6) is 0 Å². The van der Waals surface area contributed by atoms with Gasteiger partial charge in [0.15, 0.2) is 0 Å². The fraction of sp³-hybridized carbons (Fsp3) is 0.750. The molecular formula is C12H23N3. The quantitative estimate of drug-likeness (QED) is 0.747. The number of hydrogen-bond donors (Lipinski definition) is 1. The zero-order valence-corrected chi connectivity index (χ0v) is 10.1. The molecular weight excluding hydrogens is 186 g/mol. The first kappa shape index (κ1) is 12.2. The van der Waals surface area contributed by atoms with Crippen molar-refractivity contribution < 1.29 is 0 Å². The first-order valence-corrected chi connectivity index (χ1v) is 5.92. The summed E-state index contributed by atoms with van der Waals surface area (Å²) in [7, 11) is 0. The lowest BCUT2D eigenvalue weighted by Crippen LogP contribution is -2.27. The van der Waals surface area contributed by atoms with E-state index in [1.54, 1.807) is 0 Å². The van der Waals surface area contributed by atoms with Gasteiger partial charge in [-0.2, -0.15) is 0 Å². The van der Waals surface area contributed by atoms with Gasteiger partial charge in [0.1, 0.15) is 0 Å². The summed E-state index contributed by atoms with van der Waals surface area (Å²) in [6.45, 7) is 8.84. The predicted octanol–water partition coefficient (Wildman–Crippen LogP) is 2.47. The largest absolute Gasteiger partial charge is 0.333 e. The van der Waals surface area contributed by atoms with Crippen molar-refractivity contribution in [2.45, 2.75) is 39.7 Å². The zero-order chi connectivity index (χ0) is 11.1. The number of imidazole rings is 1. The second kappa shape index (κ2) is 6.62. The fourth-order valence-electron chi connectivity index (χ4n) is 1.71. The minimum atomic E-state index is 0.552. The van der Waals surface area contributed by atoms with Crippen molar-refractivity contribution in [1.29, 1.82) is 0 Å². The van der Waals surface area contributed by atoms with Crippen LogP contribution in [0, 0.1) is 5.92 Å². The van der Waals surface area contributed by atoms with Crippen LogP contribution in [-0.4, -0.2) is 22.6 Å². The summed E-state index contributed by atoms with van der Waals surface area (Å²) in [4.78, 5) is 4.10. The van der Waals surface area contributed by atoms with Crippen molar-refractivity contribution >= 4 is 0 Å². The van der Waals surface area contributed by atoms with Crippen molar-refractivity contribution in [1.82, 2.24) is 14.9 Å². The van der Waals surface area contributed by atoms with Crippen molar-refractivity contribution in [2.24, 2.45) is 5.92 Å². The van der Waals surface area contributed by atoms with Crippen molar-refractivity contribution in [3.8, 4) is 0 Å². The molecule has 1 N–H and O–H groups in total. The summed E-state index contributed by atoms with van der Waals surface area (Å²) in [5.74, 6) is 0.718. The molecule has 0 saturated carbocycles. The second-order valence-electron chi connectivity index (χ2n) is 4.50. The molecule has 1 aromatic rings. The third-order valence-electron chi connectivity index (χ3n) is 2.50. The molecule has 1 rings (SSSR count). The molecule has 0 aromatic carbocycles. The Morgan fingerprint density at radius 3 is 2.67 bits per heavy atom. The number of nitrogens with zero attached hydrogens (tertiary/aromatic N) is 2. The molecule has 0 aliphatic carbocycles. The molecule has 0 bridgehead atoms. The fourth-order valence-corrected chi connectivity index (χ4v) is 1.71. The molecule has 1 aromatic heterocycles. The van der Waals surface area contributed by atoms with Crippen molar-refractivity contribution in [3.05, 3.63) is 18.7 Å². The van der Waals surface area contributed by atoms with Crippen LogP contribution in [-0.2, 0) is 0 Å². The average molecular weight is 209 g/mol. The van der Waals surface area contributed by atoms with Gasteiger partial charge in [-0.15, -0.1) is 0 Å². The molecule has 0 radical (unpaired) electrons. The molecule has 3 heteroatoms. The highest BCUT2D eigenvalue weighted by Gasteiger charge is 2.08. The first-order valence-electron chi connectivity index (χ1n) is 5.92. The molecule has 1 heterocycles. The van der Waals surface area contributed by atoms with Crippen LogP contribution in [0.15, 0.2) is 18.7 Å². The highest BCUT2D eigenvalue weighted by molar-refractivity contribution is 4.81. The highest BCUT2D eigenvalue weighted by Crippen LogP contribution is 2.11. The first-order chi connectivity index (χ1) is 7.24. The van der Waals surface area contributed by atoms with E-state index in [2.05, 4.69) is 41.8 Å². The molecule has 0 spiro atoms. The van der Waals surface area contributed by atoms with Gasteiger partial charge in [0.2, 0.25) is 0 Å². The van der Waals surface area contributed by atoms with Crippen LogP contribution in [0.3, 0.4) is 0 Å². The van der Waals surface area contributed by atoms with E-state index in [4.69, 9.17) is 0 Å². The highest BCUT2D eigenvalue weighted by atomic mass is 15.1. The molecule has 0 fully saturated rings. The Bertz CT molecular complexity index is 241. The van der Waals surface area contributed by atoms with Gasteiger partial charge in [-0.25, -0.2) is 4.98 Å². The molecule has 0 aliphatic heterocycles. The minimum absolute atomic E-state index is 0.552. The molecule has 1 atom stereocenters. The third kappa shape index (κ3) is 4.47. The summed E-state index contributed by atoms with van der Waals surface area (Å²) in [6, 6.07) is 0.552. The van der Waals surface area contributed by atoms with E-state index >= 15 is 0 Å². The lowest BCUT2D eigenvalue weighted by Gasteiger charge is -2.19. The lowest BCUT2D eigenvalue weighted by atomic mass is 10.1. The van der Waals surface area contributed by atoms with Crippen LogP contribution in [0.1, 0.15) is 39.7 Å². The number of aromatic nitrogens is 2. The second-order valence-corrected chi connectivity index (χ2v) is 4.50. The van der Waals surface area contributed by atoms with E-state index < -0.39 is 0 Å². The van der Waals surface area contributed by atoms with Gasteiger partial charge in [0.25, 0.3) is 0 Å². The Kier molecular flexibility index (Phi) is 5.40. The van der Waals surface area contributed by atoms with E-state index in [-0.39, 0.29) is 0 Å². The third-order valence-corrected chi connectivity index (χ3v) is 2.50. The molecule has 1 unspecified atom stereocenters. The summed E-state index contributed by atoms with van der Waals surface area (Å²) in [5.41, 5.74) is 0. The van der Waals surface area contributed by atoms with E-state index in [1.807, 2.05) is 12.5 Å². The summed E-state index contributed by atoms with van der Waals surface area (Å²) in [6.07, 6.45) is 8.24. The van der Waals surface area contributed by atoms with Crippen molar-refractivity contribution in [3.63, 3.8) is 0 Å². The summed E-state index contributed by atoms with van der Waals surface area (Å²) in [5, 5.41) is 3.51. The van der Waals surface area contributed by atoms with E-state index in [9.17, 15) is 0 Å².